The number of hydrogen-bond donors (Lipinski definition) is 0. The van der Waals surface area contributed by atoms with Gasteiger partial charge in [0.25, 0.3) is 0 Å². The number of alkyl halides is 1. The molecule has 0 radical (unpaired) electrons. The molecule has 0 N–H and O–H groups in total. The molecule has 1 atom stereocenters. The Labute approximate surface area is 112 Å². The van der Waals surface area contributed by atoms with E-state index in [2.05, 4.69) is 49.4 Å². The van der Waals surface area contributed by atoms with Crippen LogP contribution in [0.3, 0.4) is 0 Å². The van der Waals surface area contributed by atoms with Gasteiger partial charge in [-0.3, -0.25) is 0 Å². The average molecular weight is 373 g/mol. The zero-order chi connectivity index (χ0) is 10.1. The lowest BCUT2D eigenvalue weighted by atomic mass is 10.1. The summed E-state index contributed by atoms with van der Waals surface area (Å²) in [6.45, 7) is 0. The maximum absolute atomic E-state index is 6.35. The fourth-order valence-corrected chi connectivity index (χ4v) is 5.29. The first kappa shape index (κ1) is 11.1. The van der Waals surface area contributed by atoms with Gasteiger partial charge in [0, 0.05) is 5.56 Å². The first-order valence-corrected chi connectivity index (χ1v) is 7.57. The SMILES string of the molecule is ClC(c1ccsc1)c1cc(Br)sc1Br. The molecule has 5 heteroatoms. The lowest BCUT2D eigenvalue weighted by molar-refractivity contribution is 1.16. The van der Waals surface area contributed by atoms with E-state index in [9.17, 15) is 0 Å². The van der Waals surface area contributed by atoms with Gasteiger partial charge in [-0.05, 0) is 60.3 Å². The van der Waals surface area contributed by atoms with E-state index in [0.717, 1.165) is 18.7 Å². The Balaban J connectivity index is 2.36. The van der Waals surface area contributed by atoms with Gasteiger partial charge in [-0.15, -0.1) is 22.9 Å². The van der Waals surface area contributed by atoms with Crippen molar-refractivity contribution in [3.05, 3.63) is 41.6 Å². The van der Waals surface area contributed by atoms with Crippen molar-refractivity contribution >= 4 is 66.1 Å². The van der Waals surface area contributed by atoms with Crippen molar-refractivity contribution < 1.29 is 0 Å². The molecule has 2 heterocycles. The molecule has 2 aromatic heterocycles. The quantitative estimate of drug-likeness (QED) is 0.597. The summed E-state index contributed by atoms with van der Waals surface area (Å²) in [5.74, 6) is 0. The second kappa shape index (κ2) is 4.66. The minimum atomic E-state index is -0.0572. The summed E-state index contributed by atoms with van der Waals surface area (Å²) in [6, 6.07) is 4.12. The molecule has 0 saturated carbocycles. The lowest BCUT2D eigenvalue weighted by Crippen LogP contribution is -1.88. The van der Waals surface area contributed by atoms with Crippen molar-refractivity contribution in [2.24, 2.45) is 0 Å². The Bertz CT molecular complexity index is 422. The van der Waals surface area contributed by atoms with Crippen molar-refractivity contribution in [2.45, 2.75) is 5.38 Å². The highest BCUT2D eigenvalue weighted by atomic mass is 79.9. The molecule has 0 nitrogen and oxygen atoms in total. The van der Waals surface area contributed by atoms with Crippen LogP contribution >= 0.6 is 66.1 Å². The molecule has 2 rings (SSSR count). The Morgan fingerprint density at radius 1 is 1.36 bits per heavy atom. The number of rotatable bonds is 2. The first-order valence-electron chi connectivity index (χ1n) is 3.79. The third-order valence-electron chi connectivity index (χ3n) is 1.79. The summed E-state index contributed by atoms with van der Waals surface area (Å²) in [6.07, 6.45) is 0. The Morgan fingerprint density at radius 3 is 2.64 bits per heavy atom. The largest absolute Gasteiger partial charge is 0.152 e. The number of hydrogen-bond acceptors (Lipinski definition) is 2. The van der Waals surface area contributed by atoms with Crippen LogP contribution in [0.25, 0.3) is 0 Å². The monoisotopic (exact) mass is 370 g/mol. The van der Waals surface area contributed by atoms with Gasteiger partial charge in [-0.25, -0.2) is 0 Å². The van der Waals surface area contributed by atoms with Gasteiger partial charge in [-0.1, -0.05) is 0 Å². The zero-order valence-electron chi connectivity index (χ0n) is 6.84. The van der Waals surface area contributed by atoms with Crippen LogP contribution in [0.5, 0.6) is 0 Å². The van der Waals surface area contributed by atoms with Crippen LogP contribution in [0.15, 0.2) is 30.5 Å². The smallest absolute Gasteiger partial charge is 0.0862 e. The molecule has 0 spiro atoms. The lowest BCUT2D eigenvalue weighted by Gasteiger charge is -2.05. The molecule has 0 saturated heterocycles. The highest BCUT2D eigenvalue weighted by molar-refractivity contribution is 9.12. The van der Waals surface area contributed by atoms with Gasteiger partial charge in [0.1, 0.15) is 0 Å². The fraction of sp³-hybridized carbons (Fsp3) is 0.111. The third-order valence-corrected chi connectivity index (χ3v) is 5.37. The minimum Gasteiger partial charge on any atom is -0.152 e. The summed E-state index contributed by atoms with van der Waals surface area (Å²) < 4.78 is 2.19. The molecule has 0 fully saturated rings. The van der Waals surface area contributed by atoms with E-state index in [-0.39, 0.29) is 5.38 Å². The molecule has 74 valence electrons. The predicted molar refractivity (Wildman–Crippen MR) is 71.7 cm³/mol. The van der Waals surface area contributed by atoms with Crippen LogP contribution in [0, 0.1) is 0 Å². The standard InChI is InChI=1S/C9H5Br2ClS2/c10-7-3-6(9(11)14-7)8(12)5-1-2-13-4-5/h1-4,8H. The Kier molecular flexibility index (Phi) is 3.71. The van der Waals surface area contributed by atoms with E-state index in [1.807, 2.05) is 5.38 Å². The van der Waals surface area contributed by atoms with Crippen molar-refractivity contribution in [3.63, 3.8) is 0 Å². The molecule has 14 heavy (non-hydrogen) atoms. The summed E-state index contributed by atoms with van der Waals surface area (Å²) in [5, 5.41) is 4.06. The normalized spacial score (nSPS) is 13.1. The van der Waals surface area contributed by atoms with Crippen LogP contribution in [-0.4, -0.2) is 0 Å². The maximum Gasteiger partial charge on any atom is 0.0862 e. The van der Waals surface area contributed by atoms with E-state index in [1.165, 1.54) is 0 Å². The highest BCUT2D eigenvalue weighted by Crippen LogP contribution is 2.41. The average Bonchev–Trinajstić information content (AvgIpc) is 2.73. The van der Waals surface area contributed by atoms with Crippen LogP contribution in [0.1, 0.15) is 16.5 Å². The van der Waals surface area contributed by atoms with E-state index >= 15 is 0 Å². The minimum absolute atomic E-state index is 0.0572. The number of thiophene rings is 2. The molecule has 0 aliphatic heterocycles. The second-order valence-corrected chi connectivity index (χ2v) is 7.66. The van der Waals surface area contributed by atoms with Gasteiger partial charge < -0.3 is 0 Å². The first-order chi connectivity index (χ1) is 6.68. The molecular formula is C9H5Br2ClS2. The van der Waals surface area contributed by atoms with Crippen LogP contribution < -0.4 is 0 Å². The summed E-state index contributed by atoms with van der Waals surface area (Å²) in [5.41, 5.74) is 2.28. The molecule has 2 aromatic rings. The van der Waals surface area contributed by atoms with Gasteiger partial charge >= 0.3 is 0 Å². The maximum atomic E-state index is 6.35. The summed E-state index contributed by atoms with van der Waals surface area (Å²) in [7, 11) is 0. The van der Waals surface area contributed by atoms with Crippen molar-refractivity contribution in [1.29, 1.82) is 0 Å². The molecule has 1 unspecified atom stereocenters. The van der Waals surface area contributed by atoms with Crippen molar-refractivity contribution in [1.82, 2.24) is 0 Å². The zero-order valence-corrected chi connectivity index (χ0v) is 12.4. The number of halogens is 3. The summed E-state index contributed by atoms with van der Waals surface area (Å²) >= 11 is 16.6. The van der Waals surface area contributed by atoms with Crippen LogP contribution in [0.2, 0.25) is 0 Å². The molecular weight excluding hydrogens is 367 g/mol. The second-order valence-electron chi connectivity index (χ2n) is 2.70. The van der Waals surface area contributed by atoms with E-state index in [4.69, 9.17) is 11.6 Å². The predicted octanol–water partition coefficient (Wildman–Crippen LogP) is 5.66. The fourth-order valence-electron chi connectivity index (χ4n) is 1.12. The highest BCUT2D eigenvalue weighted by Gasteiger charge is 2.16. The Morgan fingerprint density at radius 2 is 2.14 bits per heavy atom. The molecule has 0 aromatic carbocycles. The van der Waals surface area contributed by atoms with E-state index in [0.29, 0.717) is 0 Å². The van der Waals surface area contributed by atoms with Crippen molar-refractivity contribution in [2.75, 3.05) is 0 Å². The molecule has 0 amide bonds. The molecule has 0 aliphatic rings. The third kappa shape index (κ3) is 2.25. The van der Waals surface area contributed by atoms with Gasteiger partial charge in [0.2, 0.25) is 0 Å². The van der Waals surface area contributed by atoms with Crippen molar-refractivity contribution in [3.8, 4) is 0 Å². The van der Waals surface area contributed by atoms with Gasteiger partial charge in [0.05, 0.1) is 12.9 Å². The molecule has 0 aliphatic carbocycles. The molecule has 0 bridgehead atoms. The Hall–Kier alpha value is 0.650. The summed E-state index contributed by atoms with van der Waals surface area (Å²) in [4.78, 5) is 0. The van der Waals surface area contributed by atoms with Crippen LogP contribution in [0.4, 0.5) is 0 Å². The van der Waals surface area contributed by atoms with Crippen LogP contribution in [-0.2, 0) is 0 Å². The van der Waals surface area contributed by atoms with E-state index in [1.54, 1.807) is 22.7 Å². The topological polar surface area (TPSA) is 0 Å². The van der Waals surface area contributed by atoms with E-state index < -0.39 is 0 Å². The van der Waals surface area contributed by atoms with Gasteiger partial charge in [0.15, 0.2) is 0 Å². The van der Waals surface area contributed by atoms with Gasteiger partial charge in [-0.2, -0.15) is 11.3 Å².